The first-order chi connectivity index (χ1) is 8.66. The van der Waals surface area contributed by atoms with E-state index in [1.807, 2.05) is 42.6 Å². The molecule has 1 unspecified atom stereocenters. The van der Waals surface area contributed by atoms with Crippen LogP contribution in [0, 0.1) is 6.92 Å². The number of thiophene rings is 1. The molecule has 2 nitrogen and oxygen atoms in total. The molecule has 2 aromatic rings. The Bertz CT molecular complexity index is 517. The van der Waals surface area contributed by atoms with E-state index in [4.69, 9.17) is 5.11 Å². The molecule has 0 bridgehead atoms. The van der Waals surface area contributed by atoms with Gasteiger partial charge in [-0.3, -0.25) is 4.79 Å². The number of aryl methyl sites for hydroxylation is 1. The Balaban J connectivity index is 2.25. The summed E-state index contributed by atoms with van der Waals surface area (Å²) < 4.78 is 0. The Morgan fingerprint density at radius 1 is 1.28 bits per heavy atom. The maximum absolute atomic E-state index is 11.0. The molecule has 0 spiro atoms. The summed E-state index contributed by atoms with van der Waals surface area (Å²) in [5.41, 5.74) is 2.31. The number of carboxylic acids is 1. The largest absolute Gasteiger partial charge is 0.481 e. The second-order valence-electron chi connectivity index (χ2n) is 4.43. The summed E-state index contributed by atoms with van der Waals surface area (Å²) in [6.07, 6.45) is 0.984. The SMILES string of the molecule is Cc1ccccc1C(CC(=O)O)Cc1cccs1. The number of rotatable bonds is 5. The molecule has 1 heterocycles. The molecule has 0 saturated carbocycles. The molecule has 0 aliphatic heterocycles. The fraction of sp³-hybridized carbons (Fsp3) is 0.267. The quantitative estimate of drug-likeness (QED) is 0.886. The Hall–Kier alpha value is -1.61. The summed E-state index contributed by atoms with van der Waals surface area (Å²) in [7, 11) is 0. The molecule has 2 rings (SSSR count). The number of aliphatic carboxylic acids is 1. The van der Waals surface area contributed by atoms with Crippen LogP contribution in [0.15, 0.2) is 41.8 Å². The van der Waals surface area contributed by atoms with E-state index in [2.05, 4.69) is 6.07 Å². The summed E-state index contributed by atoms with van der Waals surface area (Å²) in [5.74, 6) is -0.679. The Kier molecular flexibility index (Phi) is 4.15. The Labute approximate surface area is 111 Å². The molecule has 0 fully saturated rings. The van der Waals surface area contributed by atoms with E-state index < -0.39 is 5.97 Å². The van der Waals surface area contributed by atoms with E-state index in [1.165, 1.54) is 10.4 Å². The van der Waals surface area contributed by atoms with Crippen LogP contribution in [0.1, 0.15) is 28.3 Å². The van der Waals surface area contributed by atoms with Crippen LogP contribution in [0.4, 0.5) is 0 Å². The van der Waals surface area contributed by atoms with E-state index in [1.54, 1.807) is 11.3 Å². The lowest BCUT2D eigenvalue weighted by Crippen LogP contribution is -2.10. The number of carboxylic acid groups (broad SMARTS) is 1. The van der Waals surface area contributed by atoms with Gasteiger partial charge in [0.2, 0.25) is 0 Å². The van der Waals surface area contributed by atoms with Crippen molar-refractivity contribution >= 4 is 17.3 Å². The van der Waals surface area contributed by atoms with Crippen LogP contribution in [-0.2, 0) is 11.2 Å². The predicted octanol–water partition coefficient (Wildman–Crippen LogP) is 3.86. The average molecular weight is 260 g/mol. The normalized spacial score (nSPS) is 12.3. The van der Waals surface area contributed by atoms with Crippen LogP contribution in [0.5, 0.6) is 0 Å². The van der Waals surface area contributed by atoms with E-state index in [-0.39, 0.29) is 12.3 Å². The van der Waals surface area contributed by atoms with Gasteiger partial charge in [-0.15, -0.1) is 11.3 Å². The minimum absolute atomic E-state index is 0.0577. The van der Waals surface area contributed by atoms with Gasteiger partial charge in [0.25, 0.3) is 0 Å². The zero-order valence-corrected chi connectivity index (χ0v) is 11.1. The second-order valence-corrected chi connectivity index (χ2v) is 5.47. The van der Waals surface area contributed by atoms with E-state index in [0.29, 0.717) is 0 Å². The van der Waals surface area contributed by atoms with Gasteiger partial charge in [-0.2, -0.15) is 0 Å². The zero-order valence-electron chi connectivity index (χ0n) is 10.3. The highest BCUT2D eigenvalue weighted by Crippen LogP contribution is 2.28. The summed E-state index contributed by atoms with van der Waals surface area (Å²) in [5, 5.41) is 11.1. The molecule has 3 heteroatoms. The third-order valence-electron chi connectivity index (χ3n) is 3.08. The van der Waals surface area contributed by atoms with Crippen molar-refractivity contribution in [2.75, 3.05) is 0 Å². The Morgan fingerprint density at radius 3 is 2.67 bits per heavy atom. The van der Waals surface area contributed by atoms with Gasteiger partial charge in [-0.05, 0) is 41.8 Å². The predicted molar refractivity (Wildman–Crippen MR) is 74.2 cm³/mol. The van der Waals surface area contributed by atoms with Gasteiger partial charge >= 0.3 is 5.97 Å². The smallest absolute Gasteiger partial charge is 0.303 e. The van der Waals surface area contributed by atoms with Crippen molar-refractivity contribution < 1.29 is 9.90 Å². The molecule has 1 N–H and O–H groups in total. The molecule has 0 amide bonds. The van der Waals surface area contributed by atoms with Crippen LogP contribution in [0.25, 0.3) is 0 Å². The fourth-order valence-electron chi connectivity index (χ4n) is 2.22. The summed E-state index contributed by atoms with van der Waals surface area (Å²) in [6.45, 7) is 2.04. The van der Waals surface area contributed by atoms with Crippen molar-refractivity contribution in [3.63, 3.8) is 0 Å². The standard InChI is InChI=1S/C15H16O2S/c1-11-5-2-3-7-14(11)12(10-15(16)17)9-13-6-4-8-18-13/h2-8,12H,9-10H2,1H3,(H,16,17). The third-order valence-corrected chi connectivity index (χ3v) is 3.98. The second kappa shape index (κ2) is 5.83. The third kappa shape index (κ3) is 3.20. The highest BCUT2D eigenvalue weighted by atomic mass is 32.1. The number of hydrogen-bond acceptors (Lipinski definition) is 2. The topological polar surface area (TPSA) is 37.3 Å². The minimum Gasteiger partial charge on any atom is -0.481 e. The first kappa shape index (κ1) is 12.8. The monoisotopic (exact) mass is 260 g/mol. The molecule has 0 aliphatic rings. The zero-order chi connectivity index (χ0) is 13.0. The van der Waals surface area contributed by atoms with Gasteiger partial charge in [0.1, 0.15) is 0 Å². The molecule has 1 aromatic carbocycles. The van der Waals surface area contributed by atoms with Crippen LogP contribution in [0.2, 0.25) is 0 Å². The minimum atomic E-state index is -0.736. The first-order valence-electron chi connectivity index (χ1n) is 5.96. The molecule has 0 radical (unpaired) electrons. The molecular formula is C15H16O2S. The number of hydrogen-bond donors (Lipinski definition) is 1. The molecular weight excluding hydrogens is 244 g/mol. The maximum atomic E-state index is 11.0. The van der Waals surface area contributed by atoms with Gasteiger partial charge in [0, 0.05) is 4.88 Å². The molecule has 1 atom stereocenters. The summed E-state index contributed by atoms with van der Waals surface area (Å²) in [4.78, 5) is 12.3. The van der Waals surface area contributed by atoms with Crippen molar-refractivity contribution in [1.29, 1.82) is 0 Å². The molecule has 1 aromatic heterocycles. The first-order valence-corrected chi connectivity index (χ1v) is 6.84. The van der Waals surface area contributed by atoms with Gasteiger partial charge < -0.3 is 5.11 Å². The van der Waals surface area contributed by atoms with Gasteiger partial charge in [0.15, 0.2) is 0 Å². The molecule has 18 heavy (non-hydrogen) atoms. The molecule has 0 saturated heterocycles. The van der Waals surface area contributed by atoms with Crippen LogP contribution in [0.3, 0.4) is 0 Å². The highest BCUT2D eigenvalue weighted by Gasteiger charge is 2.18. The van der Waals surface area contributed by atoms with Crippen LogP contribution in [-0.4, -0.2) is 11.1 Å². The van der Waals surface area contributed by atoms with Crippen LogP contribution < -0.4 is 0 Å². The molecule has 0 aliphatic carbocycles. The van der Waals surface area contributed by atoms with E-state index in [9.17, 15) is 4.79 Å². The molecule has 94 valence electrons. The lowest BCUT2D eigenvalue weighted by Gasteiger charge is -2.16. The van der Waals surface area contributed by atoms with Gasteiger partial charge in [-0.25, -0.2) is 0 Å². The summed E-state index contributed by atoms with van der Waals surface area (Å²) in [6, 6.07) is 12.1. The lowest BCUT2D eigenvalue weighted by atomic mass is 9.89. The van der Waals surface area contributed by atoms with Crippen molar-refractivity contribution in [2.24, 2.45) is 0 Å². The van der Waals surface area contributed by atoms with Crippen molar-refractivity contribution in [3.8, 4) is 0 Å². The van der Waals surface area contributed by atoms with Gasteiger partial charge in [0.05, 0.1) is 6.42 Å². The van der Waals surface area contributed by atoms with E-state index >= 15 is 0 Å². The number of carbonyl (C=O) groups is 1. The average Bonchev–Trinajstić information content (AvgIpc) is 2.81. The van der Waals surface area contributed by atoms with Crippen molar-refractivity contribution in [1.82, 2.24) is 0 Å². The Morgan fingerprint density at radius 2 is 2.06 bits per heavy atom. The highest BCUT2D eigenvalue weighted by molar-refractivity contribution is 7.09. The van der Waals surface area contributed by atoms with Crippen molar-refractivity contribution in [2.45, 2.75) is 25.7 Å². The lowest BCUT2D eigenvalue weighted by molar-refractivity contribution is -0.137. The van der Waals surface area contributed by atoms with Crippen molar-refractivity contribution in [3.05, 3.63) is 57.8 Å². The van der Waals surface area contributed by atoms with Crippen LogP contribution >= 0.6 is 11.3 Å². The summed E-state index contributed by atoms with van der Waals surface area (Å²) >= 11 is 1.69. The van der Waals surface area contributed by atoms with Gasteiger partial charge in [-0.1, -0.05) is 30.3 Å². The maximum Gasteiger partial charge on any atom is 0.303 e. The van der Waals surface area contributed by atoms with E-state index in [0.717, 1.165) is 12.0 Å². The fourth-order valence-corrected chi connectivity index (χ4v) is 3.01. The number of benzene rings is 1.